The summed E-state index contributed by atoms with van der Waals surface area (Å²) in [5, 5.41) is 17.4. The normalized spacial score (nSPS) is 18.2. The predicted octanol–water partition coefficient (Wildman–Crippen LogP) is 0.815. The second kappa shape index (κ2) is 5.93. The molecule has 6 heteroatoms. The third-order valence-corrected chi connectivity index (χ3v) is 3.72. The maximum Gasteiger partial charge on any atom is 0.269 e. The molecular weight excluding hydrogens is 258 g/mol. The summed E-state index contributed by atoms with van der Waals surface area (Å²) in [5.74, 6) is 0.0780. The molecule has 0 aliphatic carbocycles. The first kappa shape index (κ1) is 15.0. The van der Waals surface area contributed by atoms with Gasteiger partial charge in [-0.15, -0.1) is 0 Å². The van der Waals surface area contributed by atoms with Crippen LogP contribution in [-0.4, -0.2) is 46.2 Å². The minimum Gasteiger partial charge on any atom is -0.388 e. The number of carbonyl (C=O) groups is 1. The summed E-state index contributed by atoms with van der Waals surface area (Å²) in [4.78, 5) is 12.2. The van der Waals surface area contributed by atoms with E-state index in [9.17, 15) is 9.90 Å². The Bertz CT molecular complexity index is 476. The molecule has 0 aromatic carbocycles. The molecule has 2 rings (SSSR count). The van der Waals surface area contributed by atoms with Gasteiger partial charge in [0.1, 0.15) is 5.69 Å². The van der Waals surface area contributed by atoms with E-state index in [2.05, 4.69) is 10.4 Å². The molecule has 6 nitrogen and oxygen atoms in total. The zero-order valence-corrected chi connectivity index (χ0v) is 12.3. The Morgan fingerprint density at radius 1 is 1.55 bits per heavy atom. The maximum absolute atomic E-state index is 12.2. The minimum atomic E-state index is -0.854. The first-order valence-electron chi connectivity index (χ1n) is 7.03. The van der Waals surface area contributed by atoms with Crippen molar-refractivity contribution in [3.63, 3.8) is 0 Å². The van der Waals surface area contributed by atoms with Crippen LogP contribution in [0, 0.1) is 0 Å². The van der Waals surface area contributed by atoms with E-state index in [1.165, 1.54) is 0 Å². The van der Waals surface area contributed by atoms with Crippen molar-refractivity contribution in [1.29, 1.82) is 0 Å². The zero-order valence-electron chi connectivity index (χ0n) is 12.3. The van der Waals surface area contributed by atoms with E-state index in [1.54, 1.807) is 17.8 Å². The predicted molar refractivity (Wildman–Crippen MR) is 74.6 cm³/mol. The van der Waals surface area contributed by atoms with E-state index in [0.717, 1.165) is 5.69 Å². The molecule has 0 atom stereocenters. The molecule has 1 aliphatic heterocycles. The van der Waals surface area contributed by atoms with E-state index < -0.39 is 5.60 Å². The van der Waals surface area contributed by atoms with Gasteiger partial charge in [0.15, 0.2) is 0 Å². The Morgan fingerprint density at radius 3 is 2.75 bits per heavy atom. The van der Waals surface area contributed by atoms with Crippen LogP contribution in [0.4, 0.5) is 0 Å². The molecule has 112 valence electrons. The number of aliphatic hydroxyl groups is 1. The van der Waals surface area contributed by atoms with Crippen LogP contribution in [0.1, 0.15) is 48.8 Å². The second-order valence-corrected chi connectivity index (χ2v) is 5.75. The Balaban J connectivity index is 1.98. The fourth-order valence-electron chi connectivity index (χ4n) is 2.25. The average Bonchev–Trinajstić information content (AvgIpc) is 2.79. The van der Waals surface area contributed by atoms with Crippen molar-refractivity contribution in [3.05, 3.63) is 17.5 Å². The number of nitrogens with one attached hydrogen (secondary N) is 1. The summed E-state index contributed by atoms with van der Waals surface area (Å²) < 4.78 is 6.80. The largest absolute Gasteiger partial charge is 0.388 e. The van der Waals surface area contributed by atoms with Crippen LogP contribution in [0.5, 0.6) is 0 Å². The second-order valence-electron chi connectivity index (χ2n) is 5.75. The van der Waals surface area contributed by atoms with Gasteiger partial charge < -0.3 is 15.2 Å². The number of hydrogen-bond acceptors (Lipinski definition) is 4. The molecule has 20 heavy (non-hydrogen) atoms. The Hall–Kier alpha value is -1.40. The van der Waals surface area contributed by atoms with Crippen LogP contribution in [0.2, 0.25) is 0 Å². The SMILES string of the molecule is CC(C)c1cc(C(=O)NCC2(O)CCOCC2)n(C)n1. The molecule has 0 spiro atoms. The summed E-state index contributed by atoms with van der Waals surface area (Å²) >= 11 is 0. The van der Waals surface area contributed by atoms with Crippen LogP contribution in [-0.2, 0) is 11.8 Å². The van der Waals surface area contributed by atoms with Crippen molar-refractivity contribution in [1.82, 2.24) is 15.1 Å². The van der Waals surface area contributed by atoms with Crippen molar-refractivity contribution in [2.75, 3.05) is 19.8 Å². The van der Waals surface area contributed by atoms with Crippen molar-refractivity contribution in [3.8, 4) is 0 Å². The highest BCUT2D eigenvalue weighted by atomic mass is 16.5. The van der Waals surface area contributed by atoms with Gasteiger partial charge in [0.05, 0.1) is 11.3 Å². The van der Waals surface area contributed by atoms with Crippen molar-refractivity contribution < 1.29 is 14.6 Å². The lowest BCUT2D eigenvalue weighted by Crippen LogP contribution is -2.46. The van der Waals surface area contributed by atoms with Gasteiger partial charge >= 0.3 is 0 Å². The molecule has 0 radical (unpaired) electrons. The summed E-state index contributed by atoms with van der Waals surface area (Å²) in [6.45, 7) is 5.39. The van der Waals surface area contributed by atoms with Gasteiger partial charge in [0, 0.05) is 39.6 Å². The quantitative estimate of drug-likeness (QED) is 0.856. The number of ether oxygens (including phenoxy) is 1. The first-order valence-corrected chi connectivity index (χ1v) is 7.03. The van der Waals surface area contributed by atoms with Gasteiger partial charge in [-0.1, -0.05) is 13.8 Å². The number of nitrogens with zero attached hydrogens (tertiary/aromatic N) is 2. The van der Waals surface area contributed by atoms with Crippen molar-refractivity contribution in [2.24, 2.45) is 7.05 Å². The molecule has 0 bridgehead atoms. The van der Waals surface area contributed by atoms with Crippen molar-refractivity contribution in [2.45, 2.75) is 38.2 Å². The Morgan fingerprint density at radius 2 is 2.20 bits per heavy atom. The molecule has 0 unspecified atom stereocenters. The lowest BCUT2D eigenvalue weighted by Gasteiger charge is -2.32. The summed E-state index contributed by atoms with van der Waals surface area (Å²) in [7, 11) is 1.75. The number of hydrogen-bond donors (Lipinski definition) is 2. The number of aryl methyl sites for hydroxylation is 1. The fourth-order valence-corrected chi connectivity index (χ4v) is 2.25. The molecule has 0 saturated carbocycles. The third-order valence-electron chi connectivity index (χ3n) is 3.72. The topological polar surface area (TPSA) is 76.4 Å². The number of amides is 1. The molecular formula is C14H23N3O3. The smallest absolute Gasteiger partial charge is 0.269 e. The average molecular weight is 281 g/mol. The monoisotopic (exact) mass is 281 g/mol. The van der Waals surface area contributed by atoms with Crippen LogP contribution in [0.15, 0.2) is 6.07 Å². The van der Waals surface area contributed by atoms with Gasteiger partial charge in [-0.3, -0.25) is 9.48 Å². The molecule has 1 saturated heterocycles. The van der Waals surface area contributed by atoms with Crippen LogP contribution >= 0.6 is 0 Å². The number of carbonyl (C=O) groups excluding carboxylic acids is 1. The van der Waals surface area contributed by atoms with Crippen LogP contribution < -0.4 is 5.32 Å². The van der Waals surface area contributed by atoms with Crippen LogP contribution in [0.25, 0.3) is 0 Å². The van der Waals surface area contributed by atoms with E-state index >= 15 is 0 Å². The minimum absolute atomic E-state index is 0.202. The van der Waals surface area contributed by atoms with Crippen LogP contribution in [0.3, 0.4) is 0 Å². The lowest BCUT2D eigenvalue weighted by molar-refractivity contribution is -0.0605. The lowest BCUT2D eigenvalue weighted by atomic mass is 9.94. The number of aromatic nitrogens is 2. The third kappa shape index (κ3) is 3.37. The van der Waals surface area contributed by atoms with E-state index in [4.69, 9.17) is 4.74 Å². The molecule has 1 aromatic rings. The summed E-state index contributed by atoms with van der Waals surface area (Å²) in [6.07, 6.45) is 1.10. The Kier molecular flexibility index (Phi) is 4.45. The molecule has 2 N–H and O–H groups in total. The van der Waals surface area contributed by atoms with E-state index in [-0.39, 0.29) is 18.4 Å². The standard InChI is InChI=1S/C14H23N3O3/c1-10(2)11-8-12(17(3)16-11)13(18)15-9-14(19)4-6-20-7-5-14/h8,10,19H,4-7,9H2,1-3H3,(H,15,18). The highest BCUT2D eigenvalue weighted by Gasteiger charge is 2.30. The molecule has 1 fully saturated rings. The summed E-state index contributed by atoms with van der Waals surface area (Å²) in [5.41, 5.74) is 0.555. The van der Waals surface area contributed by atoms with E-state index in [1.807, 2.05) is 13.8 Å². The summed E-state index contributed by atoms with van der Waals surface area (Å²) in [6, 6.07) is 1.80. The van der Waals surface area contributed by atoms with Gasteiger partial charge in [-0.2, -0.15) is 5.10 Å². The highest BCUT2D eigenvalue weighted by Crippen LogP contribution is 2.19. The molecule has 1 aromatic heterocycles. The fraction of sp³-hybridized carbons (Fsp3) is 0.714. The van der Waals surface area contributed by atoms with Gasteiger partial charge in [-0.25, -0.2) is 0 Å². The van der Waals surface area contributed by atoms with Gasteiger partial charge in [0.25, 0.3) is 5.91 Å². The zero-order chi connectivity index (χ0) is 14.8. The molecule has 1 amide bonds. The van der Waals surface area contributed by atoms with Gasteiger partial charge in [-0.05, 0) is 12.0 Å². The van der Waals surface area contributed by atoms with E-state index in [0.29, 0.717) is 31.7 Å². The highest BCUT2D eigenvalue weighted by molar-refractivity contribution is 5.92. The molecule has 2 heterocycles. The first-order chi connectivity index (χ1) is 9.41. The number of rotatable bonds is 4. The van der Waals surface area contributed by atoms with Crippen molar-refractivity contribution >= 4 is 5.91 Å². The van der Waals surface area contributed by atoms with Gasteiger partial charge in [0.2, 0.25) is 0 Å². The molecule has 1 aliphatic rings. The maximum atomic E-state index is 12.2. The Labute approximate surface area is 119 Å².